The number of hydrogen-bond donors (Lipinski definition) is 1. The Bertz CT molecular complexity index is 821. The molecule has 0 bridgehead atoms. The maximum absolute atomic E-state index is 11.5. The summed E-state index contributed by atoms with van der Waals surface area (Å²) < 4.78 is 0. The van der Waals surface area contributed by atoms with Gasteiger partial charge in [0.25, 0.3) is 0 Å². The maximum Gasteiger partial charge on any atom is 0.317 e. The monoisotopic (exact) mass is 387 g/mol. The lowest BCUT2D eigenvalue weighted by Gasteiger charge is -2.29. The van der Waals surface area contributed by atoms with Crippen molar-refractivity contribution in [2.24, 2.45) is 0 Å². The maximum atomic E-state index is 11.5. The first-order valence-corrected chi connectivity index (χ1v) is 10.2. The number of aliphatic carboxylic acids is 1. The lowest BCUT2D eigenvalue weighted by molar-refractivity contribution is -0.136. The molecule has 0 fully saturated rings. The van der Waals surface area contributed by atoms with Gasteiger partial charge in [0, 0.05) is 13.1 Å². The summed E-state index contributed by atoms with van der Waals surface area (Å²) in [5.74, 6) is 0.0171. The molecular formula is C21H29N3O2S. The first kappa shape index (κ1) is 21.3. The minimum Gasteiger partial charge on any atom is -0.480 e. The van der Waals surface area contributed by atoms with Crippen molar-refractivity contribution >= 4 is 34.0 Å². The summed E-state index contributed by atoms with van der Waals surface area (Å²) in [4.78, 5) is 24.1. The van der Waals surface area contributed by atoms with E-state index in [-0.39, 0.29) is 0 Å². The van der Waals surface area contributed by atoms with E-state index in [2.05, 4.69) is 31.1 Å². The summed E-state index contributed by atoms with van der Waals surface area (Å²) in [6.45, 7) is 14.2. The third kappa shape index (κ3) is 4.63. The fourth-order valence-electron chi connectivity index (χ4n) is 3.25. The molecule has 1 aliphatic heterocycles. The zero-order valence-corrected chi connectivity index (χ0v) is 17.9. The molecule has 0 amide bonds. The quantitative estimate of drug-likeness (QED) is 0.670. The molecule has 2 heterocycles. The molecule has 0 aromatic carbocycles. The first-order valence-electron chi connectivity index (χ1n) is 9.33. The van der Waals surface area contributed by atoms with Gasteiger partial charge in [-0.15, -0.1) is 5.73 Å². The Kier molecular flexibility index (Phi) is 6.90. The number of carboxylic acid groups (broad SMARTS) is 1. The summed E-state index contributed by atoms with van der Waals surface area (Å²) >= 11 is 1.30. The van der Waals surface area contributed by atoms with Crippen LogP contribution >= 0.6 is 11.8 Å². The van der Waals surface area contributed by atoms with E-state index in [4.69, 9.17) is 9.97 Å². The van der Waals surface area contributed by atoms with Gasteiger partial charge in [-0.25, -0.2) is 9.97 Å². The van der Waals surface area contributed by atoms with Gasteiger partial charge in [-0.1, -0.05) is 32.2 Å². The summed E-state index contributed by atoms with van der Waals surface area (Å²) in [7, 11) is 2.05. The highest BCUT2D eigenvalue weighted by Gasteiger charge is 2.27. The number of carbonyl (C=O) groups is 1. The highest BCUT2D eigenvalue weighted by molar-refractivity contribution is 8.09. The van der Waals surface area contributed by atoms with Crippen LogP contribution in [0, 0.1) is 6.92 Å². The van der Waals surface area contributed by atoms with Crippen LogP contribution in [0.3, 0.4) is 0 Å². The number of allylic oxidation sites excluding steroid dienone is 2. The van der Waals surface area contributed by atoms with Crippen molar-refractivity contribution in [3.63, 3.8) is 0 Å². The van der Waals surface area contributed by atoms with E-state index in [1.54, 1.807) is 0 Å². The zero-order valence-electron chi connectivity index (χ0n) is 17.1. The Morgan fingerprint density at radius 2 is 2.00 bits per heavy atom. The molecule has 146 valence electrons. The second-order valence-electron chi connectivity index (χ2n) is 7.07. The second kappa shape index (κ2) is 8.77. The van der Waals surface area contributed by atoms with Gasteiger partial charge in [0.1, 0.15) is 16.6 Å². The number of nitrogens with zero attached hydrogens (tertiary/aromatic N) is 3. The predicted molar refractivity (Wildman–Crippen MR) is 114 cm³/mol. The topological polar surface area (TPSA) is 66.3 Å². The van der Waals surface area contributed by atoms with Crippen LogP contribution in [-0.2, 0) is 4.79 Å². The molecule has 1 aromatic rings. The predicted octanol–water partition coefficient (Wildman–Crippen LogP) is 4.92. The van der Waals surface area contributed by atoms with Crippen molar-refractivity contribution in [3.8, 4) is 0 Å². The molecule has 0 radical (unpaired) electrons. The summed E-state index contributed by atoms with van der Waals surface area (Å²) in [5.41, 5.74) is 7.31. The summed E-state index contributed by atoms with van der Waals surface area (Å²) in [6, 6.07) is 0.379. The number of thioether (sulfide) groups is 1. The van der Waals surface area contributed by atoms with Crippen LogP contribution in [0.5, 0.6) is 0 Å². The molecule has 1 atom stereocenters. The Hall–Kier alpha value is -2.04. The van der Waals surface area contributed by atoms with E-state index in [1.165, 1.54) is 11.8 Å². The van der Waals surface area contributed by atoms with Gasteiger partial charge in [-0.2, -0.15) is 0 Å². The highest BCUT2D eigenvalue weighted by atomic mass is 32.2. The first-order chi connectivity index (χ1) is 12.7. The van der Waals surface area contributed by atoms with E-state index in [0.717, 1.165) is 46.1 Å². The van der Waals surface area contributed by atoms with Crippen LogP contribution in [0.2, 0.25) is 0 Å². The van der Waals surface area contributed by atoms with Gasteiger partial charge < -0.3 is 10.0 Å². The standard InChI is InChI=1S/C21H29N3O2S/c1-8-15(9-2)24(7)20-18(12(3)4)23-19(14(6)22-20)16-10-13(5)11-17(27-16)21(25)26/h15,17H,3,8-9,11H2,1-2,4-7H3,(H,25,26). The molecule has 0 aliphatic carbocycles. The number of aryl methyl sites for hydroxylation is 1. The fourth-order valence-corrected chi connectivity index (χ4v) is 4.51. The molecular weight excluding hydrogens is 358 g/mol. The largest absolute Gasteiger partial charge is 0.480 e. The molecule has 2 rings (SSSR count). The van der Waals surface area contributed by atoms with Crippen molar-refractivity contribution in [2.75, 3.05) is 11.9 Å². The lowest BCUT2D eigenvalue weighted by Crippen LogP contribution is -2.32. The van der Waals surface area contributed by atoms with Gasteiger partial charge in [-0.05, 0) is 51.2 Å². The average Bonchev–Trinajstić information content (AvgIpc) is 2.61. The van der Waals surface area contributed by atoms with Crippen LogP contribution < -0.4 is 4.90 Å². The number of aromatic nitrogens is 2. The van der Waals surface area contributed by atoms with E-state index in [9.17, 15) is 9.90 Å². The van der Waals surface area contributed by atoms with Gasteiger partial charge in [0.2, 0.25) is 0 Å². The highest BCUT2D eigenvalue weighted by Crippen LogP contribution is 2.38. The Balaban J connectivity index is 2.58. The molecule has 1 unspecified atom stereocenters. The number of hydrogen-bond acceptors (Lipinski definition) is 5. The summed E-state index contributed by atoms with van der Waals surface area (Å²) in [5, 5.41) is 8.92. The normalized spacial score (nSPS) is 16.8. The molecule has 1 aliphatic rings. The molecule has 1 N–H and O–H groups in total. The Morgan fingerprint density at radius 3 is 2.52 bits per heavy atom. The molecule has 1 aromatic heterocycles. The van der Waals surface area contributed by atoms with Crippen LogP contribution in [0.1, 0.15) is 64.0 Å². The smallest absolute Gasteiger partial charge is 0.317 e. The van der Waals surface area contributed by atoms with Gasteiger partial charge in [-0.3, -0.25) is 4.79 Å². The SMILES string of the molecule is C=C(C)c1nc(C2=C=C(C)CC(C(=O)O)S2)c(C)nc1N(C)C(CC)CC. The van der Waals surface area contributed by atoms with Crippen LogP contribution in [0.4, 0.5) is 5.82 Å². The van der Waals surface area contributed by atoms with E-state index in [0.29, 0.717) is 18.2 Å². The number of anilines is 1. The molecule has 0 saturated carbocycles. The fraction of sp³-hybridized carbons (Fsp3) is 0.524. The molecule has 27 heavy (non-hydrogen) atoms. The van der Waals surface area contributed by atoms with Crippen molar-refractivity contribution in [3.05, 3.63) is 35.0 Å². The van der Waals surface area contributed by atoms with E-state index < -0.39 is 11.2 Å². The Labute approximate surface area is 166 Å². The molecule has 5 nitrogen and oxygen atoms in total. The minimum absolute atomic E-state index is 0.379. The molecule has 0 spiro atoms. The second-order valence-corrected chi connectivity index (χ2v) is 8.29. The van der Waals surface area contributed by atoms with E-state index in [1.807, 2.05) is 27.8 Å². The minimum atomic E-state index is -0.811. The third-order valence-corrected chi connectivity index (χ3v) is 6.03. The van der Waals surface area contributed by atoms with Crippen LogP contribution in [0.15, 0.2) is 17.9 Å². The van der Waals surface area contributed by atoms with Gasteiger partial charge in [0.05, 0.1) is 10.6 Å². The molecule has 0 saturated heterocycles. The van der Waals surface area contributed by atoms with E-state index >= 15 is 0 Å². The Morgan fingerprint density at radius 1 is 1.37 bits per heavy atom. The number of rotatable bonds is 7. The van der Waals surface area contributed by atoms with Crippen molar-refractivity contribution in [1.29, 1.82) is 0 Å². The summed E-state index contributed by atoms with van der Waals surface area (Å²) in [6.07, 6.45) is 2.54. The van der Waals surface area contributed by atoms with Crippen LogP contribution in [-0.4, -0.2) is 39.4 Å². The van der Waals surface area contributed by atoms with Gasteiger partial charge >= 0.3 is 5.97 Å². The average molecular weight is 388 g/mol. The third-order valence-electron chi connectivity index (χ3n) is 4.85. The molecule has 6 heteroatoms. The van der Waals surface area contributed by atoms with Gasteiger partial charge in [0.15, 0.2) is 5.82 Å². The van der Waals surface area contributed by atoms with Crippen LogP contribution in [0.25, 0.3) is 10.5 Å². The zero-order chi connectivity index (χ0) is 20.3. The number of carboxylic acids is 1. The lowest BCUT2D eigenvalue weighted by atomic mass is 10.1. The van der Waals surface area contributed by atoms with Crippen molar-refractivity contribution in [1.82, 2.24) is 9.97 Å². The van der Waals surface area contributed by atoms with Crippen molar-refractivity contribution in [2.45, 2.75) is 65.2 Å². The van der Waals surface area contributed by atoms with Crippen molar-refractivity contribution < 1.29 is 9.90 Å².